The minimum atomic E-state index is -0.621. The Kier molecular flexibility index (Phi) is 2.72. The summed E-state index contributed by atoms with van der Waals surface area (Å²) in [6.45, 7) is 1.97. The molecule has 16 heavy (non-hydrogen) atoms. The quantitative estimate of drug-likeness (QED) is 0.741. The largest absolute Gasteiger partial charge is 0.310 e. The van der Waals surface area contributed by atoms with Crippen LogP contribution in [0.1, 0.15) is 24.1 Å². The Morgan fingerprint density at radius 2 is 1.75 bits per heavy atom. The van der Waals surface area contributed by atoms with Crippen molar-refractivity contribution >= 4 is 0 Å². The van der Waals surface area contributed by atoms with E-state index in [2.05, 4.69) is 10.2 Å². The van der Waals surface area contributed by atoms with Gasteiger partial charge >= 0.3 is 5.56 Å². The summed E-state index contributed by atoms with van der Waals surface area (Å²) in [5, 5.41) is 5.06. The molecule has 1 aromatic heterocycles. The molecule has 0 saturated carbocycles. The van der Waals surface area contributed by atoms with Gasteiger partial charge in [0.05, 0.1) is 0 Å². The SMILES string of the molecule is C[C@@H](c1ccccc1)c1cc(=O)c(=O)[nH][nH]1. The molecule has 1 aromatic carbocycles. The van der Waals surface area contributed by atoms with Gasteiger partial charge in [-0.15, -0.1) is 0 Å². The highest BCUT2D eigenvalue weighted by Crippen LogP contribution is 2.19. The van der Waals surface area contributed by atoms with Gasteiger partial charge in [-0.3, -0.25) is 14.7 Å². The number of nitrogens with one attached hydrogen (secondary N) is 2. The summed E-state index contributed by atoms with van der Waals surface area (Å²) in [6, 6.07) is 11.1. The highest BCUT2D eigenvalue weighted by atomic mass is 16.2. The minimum Gasteiger partial charge on any atom is -0.302 e. The molecule has 0 bridgehead atoms. The molecule has 4 nitrogen and oxygen atoms in total. The maximum atomic E-state index is 11.2. The fourth-order valence-corrected chi connectivity index (χ4v) is 1.59. The lowest BCUT2D eigenvalue weighted by Gasteiger charge is -2.10. The second kappa shape index (κ2) is 4.18. The Bertz CT molecular complexity index is 584. The average Bonchev–Trinajstić information content (AvgIpc) is 2.33. The fraction of sp³-hybridized carbons (Fsp3) is 0.167. The van der Waals surface area contributed by atoms with Crippen molar-refractivity contribution < 1.29 is 0 Å². The average molecular weight is 216 g/mol. The summed E-state index contributed by atoms with van der Waals surface area (Å²) in [5.41, 5.74) is 0.654. The normalized spacial score (nSPS) is 12.3. The van der Waals surface area contributed by atoms with Crippen molar-refractivity contribution in [1.29, 1.82) is 0 Å². The molecule has 0 amide bonds. The molecular weight excluding hydrogens is 204 g/mol. The van der Waals surface area contributed by atoms with Crippen LogP contribution in [0, 0.1) is 0 Å². The van der Waals surface area contributed by atoms with E-state index in [1.165, 1.54) is 6.07 Å². The van der Waals surface area contributed by atoms with Gasteiger partial charge in [-0.1, -0.05) is 37.3 Å². The molecule has 0 unspecified atom stereocenters. The first-order chi connectivity index (χ1) is 7.68. The third-order valence-corrected chi connectivity index (χ3v) is 2.60. The molecule has 4 heteroatoms. The maximum Gasteiger partial charge on any atom is 0.310 e. The van der Waals surface area contributed by atoms with Crippen LogP contribution in [0.4, 0.5) is 0 Å². The number of benzene rings is 1. The van der Waals surface area contributed by atoms with Gasteiger partial charge in [-0.25, -0.2) is 0 Å². The van der Waals surface area contributed by atoms with Crippen molar-refractivity contribution in [3.8, 4) is 0 Å². The molecule has 0 aliphatic heterocycles. The Morgan fingerprint density at radius 3 is 2.38 bits per heavy atom. The molecule has 0 radical (unpaired) electrons. The molecule has 82 valence electrons. The zero-order valence-electron chi connectivity index (χ0n) is 8.86. The first-order valence-electron chi connectivity index (χ1n) is 5.05. The number of H-pyrrole nitrogens is 2. The van der Waals surface area contributed by atoms with E-state index in [4.69, 9.17) is 0 Å². The third kappa shape index (κ3) is 1.95. The van der Waals surface area contributed by atoms with Crippen LogP contribution in [-0.4, -0.2) is 10.2 Å². The van der Waals surface area contributed by atoms with Crippen LogP contribution in [0.3, 0.4) is 0 Å². The van der Waals surface area contributed by atoms with Gasteiger partial charge in [-0.2, -0.15) is 0 Å². The molecule has 2 rings (SSSR count). The zero-order valence-corrected chi connectivity index (χ0v) is 8.86. The van der Waals surface area contributed by atoms with E-state index >= 15 is 0 Å². The lowest BCUT2D eigenvalue weighted by atomic mass is 9.98. The van der Waals surface area contributed by atoms with Crippen LogP contribution in [-0.2, 0) is 0 Å². The maximum absolute atomic E-state index is 11.2. The van der Waals surface area contributed by atoms with Crippen LogP contribution in [0.25, 0.3) is 0 Å². The Balaban J connectivity index is 2.42. The van der Waals surface area contributed by atoms with Crippen molar-refractivity contribution in [2.24, 2.45) is 0 Å². The van der Waals surface area contributed by atoms with Crippen LogP contribution < -0.4 is 11.0 Å². The molecule has 0 spiro atoms. The first-order valence-corrected chi connectivity index (χ1v) is 5.05. The van der Waals surface area contributed by atoms with Gasteiger partial charge in [0.15, 0.2) is 0 Å². The molecule has 2 N–H and O–H groups in total. The number of rotatable bonds is 2. The predicted molar refractivity (Wildman–Crippen MR) is 61.6 cm³/mol. The topological polar surface area (TPSA) is 65.7 Å². The number of hydrogen-bond acceptors (Lipinski definition) is 2. The second-order valence-corrected chi connectivity index (χ2v) is 3.68. The zero-order chi connectivity index (χ0) is 11.5. The van der Waals surface area contributed by atoms with Gasteiger partial charge in [0.2, 0.25) is 5.43 Å². The number of aromatic amines is 2. The Hall–Kier alpha value is -2.10. The second-order valence-electron chi connectivity index (χ2n) is 3.68. The summed E-state index contributed by atoms with van der Waals surface area (Å²) in [7, 11) is 0. The molecule has 2 aromatic rings. The number of aromatic nitrogens is 2. The van der Waals surface area contributed by atoms with Gasteiger partial charge in [-0.05, 0) is 5.56 Å². The van der Waals surface area contributed by atoms with E-state index < -0.39 is 11.0 Å². The van der Waals surface area contributed by atoms with Crippen molar-refractivity contribution in [1.82, 2.24) is 10.2 Å². The standard InChI is InChI=1S/C12H12N2O2/c1-8(9-5-3-2-4-6-9)10-7-11(15)12(16)14-13-10/h2-8H,1H3,(H,13,15)(H,14,16)/t8-/m0/s1. The van der Waals surface area contributed by atoms with Crippen molar-refractivity contribution in [3.63, 3.8) is 0 Å². The van der Waals surface area contributed by atoms with Crippen molar-refractivity contribution in [2.75, 3.05) is 0 Å². The van der Waals surface area contributed by atoms with Gasteiger partial charge < -0.3 is 5.10 Å². The van der Waals surface area contributed by atoms with Crippen LogP contribution in [0.15, 0.2) is 46.0 Å². The summed E-state index contributed by atoms with van der Waals surface area (Å²) in [4.78, 5) is 22.1. The van der Waals surface area contributed by atoms with Crippen LogP contribution in [0.5, 0.6) is 0 Å². The molecule has 0 aliphatic carbocycles. The Labute approximate surface area is 91.9 Å². The van der Waals surface area contributed by atoms with Crippen LogP contribution in [0.2, 0.25) is 0 Å². The molecule has 1 heterocycles. The molecule has 0 fully saturated rings. The van der Waals surface area contributed by atoms with E-state index in [1.54, 1.807) is 0 Å². The Morgan fingerprint density at radius 1 is 1.06 bits per heavy atom. The highest BCUT2D eigenvalue weighted by Gasteiger charge is 2.09. The van der Waals surface area contributed by atoms with Crippen LogP contribution >= 0.6 is 0 Å². The summed E-state index contributed by atoms with van der Waals surface area (Å²) < 4.78 is 0. The van der Waals surface area contributed by atoms with E-state index in [1.807, 2.05) is 37.3 Å². The lowest BCUT2D eigenvalue weighted by Crippen LogP contribution is -2.28. The van der Waals surface area contributed by atoms with E-state index in [0.717, 1.165) is 5.56 Å². The predicted octanol–water partition coefficient (Wildman–Crippen LogP) is 1.21. The summed E-state index contributed by atoms with van der Waals surface area (Å²) in [6.07, 6.45) is 0. The van der Waals surface area contributed by atoms with Gasteiger partial charge in [0.1, 0.15) is 0 Å². The minimum absolute atomic E-state index is 0.0470. The van der Waals surface area contributed by atoms with Crippen molar-refractivity contribution in [2.45, 2.75) is 12.8 Å². The van der Waals surface area contributed by atoms with Gasteiger partial charge in [0.25, 0.3) is 0 Å². The molecule has 0 saturated heterocycles. The first kappa shape index (κ1) is 10.4. The van der Waals surface area contributed by atoms with E-state index in [9.17, 15) is 9.59 Å². The highest BCUT2D eigenvalue weighted by molar-refractivity contribution is 5.26. The van der Waals surface area contributed by atoms with E-state index in [0.29, 0.717) is 5.69 Å². The molecule has 0 aliphatic rings. The monoisotopic (exact) mass is 216 g/mol. The smallest absolute Gasteiger partial charge is 0.302 e. The molecule has 1 atom stereocenters. The van der Waals surface area contributed by atoms with E-state index in [-0.39, 0.29) is 5.92 Å². The summed E-state index contributed by atoms with van der Waals surface area (Å²) in [5.74, 6) is 0.0470. The number of hydrogen-bond donors (Lipinski definition) is 2. The van der Waals surface area contributed by atoms with Gasteiger partial charge in [0, 0.05) is 17.7 Å². The molecular formula is C12H12N2O2. The summed E-state index contributed by atoms with van der Waals surface area (Å²) >= 11 is 0. The fourth-order valence-electron chi connectivity index (χ4n) is 1.59. The third-order valence-electron chi connectivity index (χ3n) is 2.60. The van der Waals surface area contributed by atoms with Crippen molar-refractivity contribution in [3.05, 3.63) is 68.2 Å². The lowest BCUT2D eigenvalue weighted by molar-refractivity contribution is 0.805.